The van der Waals surface area contributed by atoms with Gasteiger partial charge < -0.3 is 14.3 Å². The van der Waals surface area contributed by atoms with Crippen molar-refractivity contribution in [3.8, 4) is 11.5 Å². The van der Waals surface area contributed by atoms with Gasteiger partial charge in [-0.05, 0) is 12.1 Å². The van der Waals surface area contributed by atoms with Crippen LogP contribution in [0.25, 0.3) is 11.5 Å². The molecule has 0 bridgehead atoms. The van der Waals surface area contributed by atoms with Gasteiger partial charge in [0, 0.05) is 18.8 Å². The largest absolute Gasteiger partial charge is 0.461 e. The van der Waals surface area contributed by atoms with Crippen LogP contribution in [-0.2, 0) is 6.54 Å². The number of hydrogen-bond donors (Lipinski definition) is 1. The van der Waals surface area contributed by atoms with Crippen LogP contribution in [0.4, 0.5) is 0 Å². The molecule has 3 rings (SSSR count). The van der Waals surface area contributed by atoms with Gasteiger partial charge in [-0.15, -0.1) is 0 Å². The number of nitrogens with one attached hydrogen (secondary N) is 1. The summed E-state index contributed by atoms with van der Waals surface area (Å²) in [6.07, 6.45) is 4.74. The van der Waals surface area contributed by atoms with Crippen molar-refractivity contribution >= 4 is 17.5 Å². The van der Waals surface area contributed by atoms with Crippen molar-refractivity contribution in [1.82, 2.24) is 20.3 Å². The molecule has 0 saturated carbocycles. The van der Waals surface area contributed by atoms with Gasteiger partial charge in [-0.25, -0.2) is 0 Å². The van der Waals surface area contributed by atoms with E-state index in [1.54, 1.807) is 23.0 Å². The maximum atomic E-state index is 11.9. The van der Waals surface area contributed by atoms with E-state index in [9.17, 15) is 4.79 Å². The lowest BCUT2D eigenvalue weighted by molar-refractivity contribution is 0.0943. The van der Waals surface area contributed by atoms with Crippen molar-refractivity contribution < 1.29 is 13.7 Å². The minimum atomic E-state index is -0.324. The summed E-state index contributed by atoms with van der Waals surface area (Å²) in [6.45, 7) is 0.918. The van der Waals surface area contributed by atoms with E-state index in [1.165, 1.54) is 18.5 Å². The number of hydrogen-bond acceptors (Lipinski definition) is 5. The smallest absolute Gasteiger partial charge is 0.273 e. The Hall–Kier alpha value is -2.54. The van der Waals surface area contributed by atoms with E-state index in [1.807, 2.05) is 0 Å². The molecular formula is C13H11ClN4O3. The molecule has 0 aromatic carbocycles. The molecule has 0 spiro atoms. The van der Waals surface area contributed by atoms with Crippen LogP contribution in [0.15, 0.2) is 45.8 Å². The monoisotopic (exact) mass is 306 g/mol. The van der Waals surface area contributed by atoms with E-state index < -0.39 is 0 Å². The van der Waals surface area contributed by atoms with Crippen molar-refractivity contribution in [2.24, 2.45) is 0 Å². The molecule has 108 valence electrons. The molecule has 0 saturated heterocycles. The Labute approximate surface area is 124 Å². The number of rotatable bonds is 5. The molecule has 0 radical (unpaired) electrons. The molecule has 0 fully saturated rings. The van der Waals surface area contributed by atoms with Gasteiger partial charge in [0.05, 0.1) is 24.0 Å². The maximum absolute atomic E-state index is 11.9. The Bertz CT molecular complexity index is 732. The zero-order valence-electron chi connectivity index (χ0n) is 10.8. The second-order valence-corrected chi connectivity index (χ2v) is 4.67. The molecule has 0 aliphatic heterocycles. The number of amides is 1. The van der Waals surface area contributed by atoms with Crippen LogP contribution in [0.5, 0.6) is 0 Å². The fourth-order valence-electron chi connectivity index (χ4n) is 1.75. The molecule has 0 unspecified atom stereocenters. The standard InChI is InChI=1S/C13H11ClN4O3/c14-9-7-16-18(8-9)4-3-15-13(19)10-6-12(21-17-10)11-2-1-5-20-11/h1-2,5-8H,3-4H2,(H,15,19). The van der Waals surface area contributed by atoms with Crippen molar-refractivity contribution in [1.29, 1.82) is 0 Å². The highest BCUT2D eigenvalue weighted by Crippen LogP contribution is 2.20. The third-order valence-electron chi connectivity index (χ3n) is 2.74. The topological polar surface area (TPSA) is 86.1 Å². The molecular weight excluding hydrogens is 296 g/mol. The highest BCUT2D eigenvalue weighted by Gasteiger charge is 2.14. The molecule has 8 heteroatoms. The minimum absolute atomic E-state index is 0.194. The van der Waals surface area contributed by atoms with Gasteiger partial charge in [-0.1, -0.05) is 16.8 Å². The Balaban J connectivity index is 1.56. The first-order valence-corrected chi connectivity index (χ1v) is 6.57. The van der Waals surface area contributed by atoms with Crippen LogP contribution < -0.4 is 5.32 Å². The van der Waals surface area contributed by atoms with Gasteiger partial charge in [0.1, 0.15) is 0 Å². The van der Waals surface area contributed by atoms with Crippen molar-refractivity contribution in [2.75, 3.05) is 6.54 Å². The maximum Gasteiger partial charge on any atom is 0.273 e. The fourth-order valence-corrected chi connectivity index (χ4v) is 1.91. The van der Waals surface area contributed by atoms with Crippen LogP contribution in [-0.4, -0.2) is 27.4 Å². The van der Waals surface area contributed by atoms with E-state index in [4.69, 9.17) is 20.5 Å². The van der Waals surface area contributed by atoms with Crippen molar-refractivity contribution in [3.05, 3.63) is 47.6 Å². The normalized spacial score (nSPS) is 10.7. The van der Waals surface area contributed by atoms with Crippen molar-refractivity contribution in [2.45, 2.75) is 6.54 Å². The molecule has 7 nitrogen and oxygen atoms in total. The average molecular weight is 307 g/mol. The Morgan fingerprint density at radius 3 is 3.05 bits per heavy atom. The van der Waals surface area contributed by atoms with Crippen LogP contribution in [0, 0.1) is 0 Å². The van der Waals surface area contributed by atoms with Gasteiger partial charge >= 0.3 is 0 Å². The molecule has 1 N–H and O–H groups in total. The number of nitrogens with zero attached hydrogens (tertiary/aromatic N) is 3. The van der Waals surface area contributed by atoms with Gasteiger partial charge in [0.2, 0.25) is 5.76 Å². The van der Waals surface area contributed by atoms with E-state index in [-0.39, 0.29) is 11.6 Å². The lowest BCUT2D eigenvalue weighted by Crippen LogP contribution is -2.27. The fraction of sp³-hybridized carbons (Fsp3) is 0.154. The molecule has 3 aromatic rings. The minimum Gasteiger partial charge on any atom is -0.461 e. The Morgan fingerprint density at radius 1 is 1.43 bits per heavy atom. The number of carbonyl (C=O) groups excluding carboxylic acids is 1. The zero-order chi connectivity index (χ0) is 14.7. The second-order valence-electron chi connectivity index (χ2n) is 4.23. The molecule has 3 heterocycles. The molecule has 3 aromatic heterocycles. The van der Waals surface area contributed by atoms with Crippen LogP contribution in [0.3, 0.4) is 0 Å². The summed E-state index contributed by atoms with van der Waals surface area (Å²) in [5.74, 6) is 0.603. The predicted octanol–water partition coefficient (Wildman–Crippen LogP) is 2.21. The highest BCUT2D eigenvalue weighted by molar-refractivity contribution is 6.30. The lowest BCUT2D eigenvalue weighted by Gasteiger charge is -2.02. The summed E-state index contributed by atoms with van der Waals surface area (Å²) in [7, 11) is 0. The molecule has 21 heavy (non-hydrogen) atoms. The van der Waals surface area contributed by atoms with Gasteiger partial charge in [-0.3, -0.25) is 9.48 Å². The first-order chi connectivity index (χ1) is 10.2. The van der Waals surface area contributed by atoms with Crippen LogP contribution >= 0.6 is 11.6 Å². The Kier molecular flexibility index (Phi) is 3.74. The molecule has 0 atom stereocenters. The number of furan rings is 1. The van der Waals surface area contributed by atoms with Crippen LogP contribution in [0.2, 0.25) is 5.02 Å². The van der Waals surface area contributed by atoms with E-state index in [0.717, 1.165) is 0 Å². The molecule has 0 aliphatic rings. The summed E-state index contributed by atoms with van der Waals surface area (Å²) in [4.78, 5) is 11.9. The van der Waals surface area contributed by atoms with Gasteiger partial charge in [-0.2, -0.15) is 5.10 Å². The highest BCUT2D eigenvalue weighted by atomic mass is 35.5. The summed E-state index contributed by atoms with van der Waals surface area (Å²) in [5.41, 5.74) is 0.194. The number of aromatic nitrogens is 3. The van der Waals surface area contributed by atoms with E-state index >= 15 is 0 Å². The summed E-state index contributed by atoms with van der Waals surface area (Å²) < 4.78 is 11.9. The average Bonchev–Trinajstić information content (AvgIpc) is 3.19. The number of carbonyl (C=O) groups is 1. The quantitative estimate of drug-likeness (QED) is 0.781. The van der Waals surface area contributed by atoms with Crippen LogP contribution in [0.1, 0.15) is 10.5 Å². The molecule has 1 amide bonds. The molecule has 0 aliphatic carbocycles. The summed E-state index contributed by atoms with van der Waals surface area (Å²) in [6, 6.07) is 4.98. The lowest BCUT2D eigenvalue weighted by atomic mass is 10.3. The third-order valence-corrected chi connectivity index (χ3v) is 2.93. The van der Waals surface area contributed by atoms with Gasteiger partial charge in [0.15, 0.2) is 11.5 Å². The first-order valence-electron chi connectivity index (χ1n) is 6.19. The Morgan fingerprint density at radius 2 is 2.33 bits per heavy atom. The third kappa shape index (κ3) is 3.14. The first kappa shape index (κ1) is 13.4. The van der Waals surface area contributed by atoms with E-state index in [0.29, 0.717) is 29.6 Å². The second kappa shape index (κ2) is 5.84. The SMILES string of the molecule is O=C(NCCn1cc(Cl)cn1)c1cc(-c2ccco2)on1. The van der Waals surface area contributed by atoms with Crippen molar-refractivity contribution in [3.63, 3.8) is 0 Å². The van der Waals surface area contributed by atoms with E-state index in [2.05, 4.69) is 15.6 Å². The number of halogens is 1. The van der Waals surface area contributed by atoms with Gasteiger partial charge in [0.25, 0.3) is 5.91 Å². The zero-order valence-corrected chi connectivity index (χ0v) is 11.6. The summed E-state index contributed by atoms with van der Waals surface area (Å²) in [5, 5.41) is 11.0. The summed E-state index contributed by atoms with van der Waals surface area (Å²) >= 11 is 5.75. The predicted molar refractivity (Wildman–Crippen MR) is 73.8 cm³/mol.